The Bertz CT molecular complexity index is 3040. The summed E-state index contributed by atoms with van der Waals surface area (Å²) in [6.07, 6.45) is 0. The predicted octanol–water partition coefficient (Wildman–Crippen LogP) is 13.1. The van der Waals surface area contributed by atoms with Gasteiger partial charge in [0, 0.05) is 78.7 Å². The summed E-state index contributed by atoms with van der Waals surface area (Å²) in [6.45, 7) is 0. The maximum absolute atomic E-state index is 6.30. The molecule has 4 heteroatoms. The van der Waals surface area contributed by atoms with Crippen molar-refractivity contribution in [1.82, 2.24) is 4.57 Å². The lowest BCUT2D eigenvalue weighted by Gasteiger charge is -2.08. The zero-order valence-electron chi connectivity index (χ0n) is 24.5. The number of hydrogen-bond acceptors (Lipinski definition) is 3. The smallest absolute Gasteiger partial charge is 0.136 e. The highest BCUT2D eigenvalue weighted by molar-refractivity contribution is 7.27. The third-order valence-corrected chi connectivity index (χ3v) is 12.0. The van der Waals surface area contributed by atoms with Gasteiger partial charge in [-0.15, -0.1) is 22.7 Å². The van der Waals surface area contributed by atoms with Crippen LogP contribution in [0.3, 0.4) is 0 Å². The van der Waals surface area contributed by atoms with E-state index in [9.17, 15) is 0 Å². The van der Waals surface area contributed by atoms with E-state index in [1.54, 1.807) is 0 Å². The number of thiophene rings is 2. The van der Waals surface area contributed by atoms with Crippen molar-refractivity contribution in [2.24, 2.45) is 0 Å². The van der Waals surface area contributed by atoms with E-state index < -0.39 is 0 Å². The van der Waals surface area contributed by atoms with E-state index in [2.05, 4.69) is 138 Å². The van der Waals surface area contributed by atoms with Crippen LogP contribution in [0.15, 0.2) is 144 Å². The van der Waals surface area contributed by atoms with E-state index in [0.717, 1.165) is 16.6 Å². The Morgan fingerprint density at radius 2 is 1.07 bits per heavy atom. The Morgan fingerprint density at radius 1 is 0.413 bits per heavy atom. The second-order valence-electron chi connectivity index (χ2n) is 12.0. The van der Waals surface area contributed by atoms with Crippen molar-refractivity contribution in [2.75, 3.05) is 0 Å². The zero-order valence-corrected chi connectivity index (χ0v) is 26.1. The van der Waals surface area contributed by atoms with Crippen LogP contribution in [0.25, 0.3) is 101 Å². The number of fused-ring (bicyclic) bond motifs is 13. The molecule has 0 atom stereocenters. The van der Waals surface area contributed by atoms with Crippen molar-refractivity contribution >= 4 is 107 Å². The van der Waals surface area contributed by atoms with Gasteiger partial charge >= 0.3 is 0 Å². The van der Waals surface area contributed by atoms with E-state index in [1.807, 2.05) is 28.7 Å². The van der Waals surface area contributed by atoms with Crippen LogP contribution >= 0.6 is 22.7 Å². The van der Waals surface area contributed by atoms with Crippen LogP contribution in [-0.4, -0.2) is 4.57 Å². The van der Waals surface area contributed by atoms with Gasteiger partial charge in [0.1, 0.15) is 11.2 Å². The van der Waals surface area contributed by atoms with Crippen molar-refractivity contribution in [3.63, 3.8) is 0 Å². The molecule has 0 aliphatic carbocycles. The molecule has 214 valence electrons. The predicted molar refractivity (Wildman–Crippen MR) is 199 cm³/mol. The largest absolute Gasteiger partial charge is 0.456 e. The van der Waals surface area contributed by atoms with Crippen molar-refractivity contribution < 1.29 is 4.42 Å². The van der Waals surface area contributed by atoms with E-state index in [4.69, 9.17) is 4.42 Å². The summed E-state index contributed by atoms with van der Waals surface area (Å²) in [5, 5.41) is 10.1. The van der Waals surface area contributed by atoms with E-state index in [1.165, 1.54) is 84.4 Å². The Kier molecular flexibility index (Phi) is 4.90. The van der Waals surface area contributed by atoms with Crippen LogP contribution in [0.5, 0.6) is 0 Å². The van der Waals surface area contributed by atoms with Gasteiger partial charge in [-0.3, -0.25) is 0 Å². The number of para-hydroxylation sites is 2. The first-order valence-electron chi connectivity index (χ1n) is 15.5. The van der Waals surface area contributed by atoms with Crippen molar-refractivity contribution in [2.45, 2.75) is 0 Å². The summed E-state index contributed by atoms with van der Waals surface area (Å²) in [6, 6.07) is 50.8. The monoisotopic (exact) mass is 621 g/mol. The minimum absolute atomic E-state index is 0.926. The van der Waals surface area contributed by atoms with Gasteiger partial charge in [0.05, 0.1) is 11.0 Å². The maximum Gasteiger partial charge on any atom is 0.136 e. The average Bonchev–Trinajstić information content (AvgIpc) is 3.86. The Balaban J connectivity index is 1.18. The second kappa shape index (κ2) is 9.07. The number of nitrogens with zero attached hydrogens (tertiary/aromatic N) is 1. The Labute approximate surface area is 270 Å². The molecule has 11 rings (SSSR count). The fraction of sp³-hybridized carbons (Fsp3) is 0. The lowest BCUT2D eigenvalue weighted by atomic mass is 10.0. The van der Waals surface area contributed by atoms with Crippen LogP contribution in [0.2, 0.25) is 0 Å². The molecule has 0 fully saturated rings. The van der Waals surface area contributed by atoms with Gasteiger partial charge in [-0.25, -0.2) is 0 Å². The molecule has 0 N–H and O–H groups in total. The van der Waals surface area contributed by atoms with Crippen LogP contribution in [-0.2, 0) is 0 Å². The summed E-state index contributed by atoms with van der Waals surface area (Å²) >= 11 is 3.80. The molecule has 0 aliphatic heterocycles. The van der Waals surface area contributed by atoms with Gasteiger partial charge in [0.2, 0.25) is 0 Å². The van der Waals surface area contributed by atoms with Gasteiger partial charge in [-0.1, -0.05) is 91.0 Å². The molecule has 0 unspecified atom stereocenters. The Hall–Kier alpha value is -5.42. The molecule has 2 nitrogen and oxygen atoms in total. The molecule has 4 aromatic heterocycles. The second-order valence-corrected chi connectivity index (χ2v) is 14.1. The first-order valence-corrected chi connectivity index (χ1v) is 17.1. The lowest BCUT2D eigenvalue weighted by Crippen LogP contribution is -1.93. The molecular weight excluding hydrogens is 599 g/mol. The molecule has 0 saturated heterocycles. The van der Waals surface area contributed by atoms with E-state index in [0.29, 0.717) is 0 Å². The minimum Gasteiger partial charge on any atom is -0.456 e. The molecule has 0 aliphatic rings. The van der Waals surface area contributed by atoms with E-state index in [-0.39, 0.29) is 0 Å². The molecule has 11 aromatic rings. The third-order valence-electron chi connectivity index (χ3n) is 9.61. The van der Waals surface area contributed by atoms with Crippen molar-refractivity contribution in [1.29, 1.82) is 0 Å². The fourth-order valence-corrected chi connectivity index (χ4v) is 10.1. The van der Waals surface area contributed by atoms with Crippen molar-refractivity contribution in [3.8, 4) is 16.8 Å². The van der Waals surface area contributed by atoms with Crippen LogP contribution in [0, 0.1) is 0 Å². The molecule has 7 aromatic carbocycles. The summed E-state index contributed by atoms with van der Waals surface area (Å²) in [7, 11) is 0. The summed E-state index contributed by atoms with van der Waals surface area (Å²) < 4.78 is 14.1. The fourth-order valence-electron chi connectivity index (χ4n) is 7.65. The normalized spacial score (nSPS) is 12.3. The third kappa shape index (κ3) is 3.24. The molecule has 46 heavy (non-hydrogen) atoms. The number of rotatable bonds is 2. The molecule has 0 amide bonds. The highest BCUT2D eigenvalue weighted by Gasteiger charge is 2.20. The summed E-state index contributed by atoms with van der Waals surface area (Å²) in [5.41, 5.74) is 8.04. The highest BCUT2D eigenvalue weighted by atomic mass is 32.1. The summed E-state index contributed by atoms with van der Waals surface area (Å²) in [4.78, 5) is 0. The molecule has 0 saturated carbocycles. The maximum atomic E-state index is 6.30. The van der Waals surface area contributed by atoms with Gasteiger partial charge in [-0.05, 0) is 48.5 Å². The number of aromatic nitrogens is 1. The van der Waals surface area contributed by atoms with Crippen LogP contribution in [0.1, 0.15) is 0 Å². The quantitative estimate of drug-likeness (QED) is 0.188. The number of benzene rings is 7. The molecule has 0 bridgehead atoms. The van der Waals surface area contributed by atoms with Gasteiger partial charge in [0.15, 0.2) is 0 Å². The molecule has 4 heterocycles. The first-order chi connectivity index (χ1) is 22.8. The van der Waals surface area contributed by atoms with Gasteiger partial charge in [0.25, 0.3) is 0 Å². The standard InChI is InChI=1S/C42H23NOS2/c1-4-16-33-30(10-1)39-34(20-21-36-40(39)31-11-2-5-17-35(31)44-36)43(33)24-19-22-38-32(23-24)29-15-8-14-28(42(29)46-38)27-13-7-12-26-25-9-3-6-18-37(25)45-41(26)27/h1-23H. The highest BCUT2D eigenvalue weighted by Crippen LogP contribution is 2.46. The lowest BCUT2D eigenvalue weighted by molar-refractivity contribution is 0.669. The number of hydrogen-bond donors (Lipinski definition) is 0. The minimum atomic E-state index is 0.926. The van der Waals surface area contributed by atoms with Crippen LogP contribution in [0.4, 0.5) is 0 Å². The summed E-state index contributed by atoms with van der Waals surface area (Å²) in [5.74, 6) is 0. The zero-order chi connectivity index (χ0) is 29.9. The molecular formula is C42H23NOS2. The Morgan fingerprint density at radius 3 is 1.89 bits per heavy atom. The van der Waals surface area contributed by atoms with E-state index >= 15 is 0 Å². The van der Waals surface area contributed by atoms with Crippen LogP contribution < -0.4 is 0 Å². The van der Waals surface area contributed by atoms with Gasteiger partial charge < -0.3 is 8.98 Å². The SMILES string of the molecule is c1ccc2c(c1)oc1ccc3c(c4ccccc4n3-c3ccc4sc5c(-c6cccc7c6sc6ccccc67)cccc5c4c3)c12. The van der Waals surface area contributed by atoms with Gasteiger partial charge in [-0.2, -0.15) is 0 Å². The molecule has 0 radical (unpaired) electrons. The topological polar surface area (TPSA) is 18.1 Å². The number of furan rings is 1. The first kappa shape index (κ1) is 24.8. The molecule has 0 spiro atoms. The van der Waals surface area contributed by atoms with Crippen molar-refractivity contribution in [3.05, 3.63) is 140 Å². The average molecular weight is 622 g/mol.